The lowest BCUT2D eigenvalue weighted by atomic mass is 10.2. The third-order valence-electron chi connectivity index (χ3n) is 2.38. The minimum Gasteiger partial charge on any atom is -0.262 e. The van der Waals surface area contributed by atoms with Crippen LogP contribution in [0.5, 0.6) is 0 Å². The maximum absolute atomic E-state index is 12.1. The van der Waals surface area contributed by atoms with E-state index in [1.807, 2.05) is 0 Å². The zero-order valence-electron chi connectivity index (χ0n) is 9.80. The molecular formula is C13H11ClN2O3. The van der Waals surface area contributed by atoms with E-state index in [1.54, 1.807) is 48.5 Å². The first-order valence-corrected chi connectivity index (χ1v) is 5.29. The lowest BCUT2D eigenvalue weighted by Crippen LogP contribution is -2.36. The smallest absolute Gasteiger partial charge is 0.262 e. The maximum Gasteiger partial charge on any atom is 0.319 e. The third kappa shape index (κ3) is 3.29. The summed E-state index contributed by atoms with van der Waals surface area (Å²) in [5, 5.41) is 10.8. The van der Waals surface area contributed by atoms with Crippen molar-refractivity contribution in [3.63, 3.8) is 0 Å². The zero-order chi connectivity index (χ0) is 13.0. The Bertz CT molecular complexity index is 561. The fraction of sp³-hybridized carbons (Fsp3) is 0. The maximum atomic E-state index is 12.1. The summed E-state index contributed by atoms with van der Waals surface area (Å²) in [6, 6.07) is 16.2. The molecular weight excluding hydrogens is 268 g/mol. The van der Waals surface area contributed by atoms with E-state index in [9.17, 15) is 14.9 Å². The lowest BCUT2D eigenvalue weighted by molar-refractivity contribution is -0.481. The number of anilines is 1. The van der Waals surface area contributed by atoms with Gasteiger partial charge in [0.15, 0.2) is 5.03 Å². The Balaban J connectivity index is 0.00000180. The number of carbonyl (C=O) groups is 1. The van der Waals surface area contributed by atoms with E-state index >= 15 is 0 Å². The molecule has 0 aromatic heterocycles. The molecule has 19 heavy (non-hydrogen) atoms. The number of amides is 1. The van der Waals surface area contributed by atoms with Gasteiger partial charge in [-0.2, -0.15) is 0 Å². The molecule has 0 saturated carbocycles. The average molecular weight is 279 g/mol. The Morgan fingerprint density at radius 2 is 1.42 bits per heavy atom. The van der Waals surface area contributed by atoms with Crippen molar-refractivity contribution in [1.82, 2.24) is 0 Å². The zero-order valence-corrected chi connectivity index (χ0v) is 10.6. The number of benzene rings is 2. The highest BCUT2D eigenvalue weighted by atomic mass is 35.5. The molecule has 5 nitrogen and oxygen atoms in total. The molecule has 0 radical (unpaired) electrons. The van der Waals surface area contributed by atoms with Crippen molar-refractivity contribution in [2.75, 3.05) is 5.01 Å². The molecule has 2 aromatic rings. The van der Waals surface area contributed by atoms with Gasteiger partial charge in [-0.25, -0.2) is 10.1 Å². The van der Waals surface area contributed by atoms with Crippen LogP contribution in [0.2, 0.25) is 0 Å². The fourth-order valence-corrected chi connectivity index (χ4v) is 1.56. The minimum absolute atomic E-state index is 0. The fourth-order valence-electron chi connectivity index (χ4n) is 1.56. The molecule has 0 aliphatic rings. The second-order valence-corrected chi connectivity index (χ2v) is 3.56. The predicted molar refractivity (Wildman–Crippen MR) is 73.9 cm³/mol. The largest absolute Gasteiger partial charge is 0.319 e. The SMILES string of the molecule is Cl.O=C(c1ccccc1)N(c1ccccc1)[N+](=O)[O-]. The molecule has 0 atom stereocenters. The highest BCUT2D eigenvalue weighted by Crippen LogP contribution is 2.16. The van der Waals surface area contributed by atoms with Crippen LogP contribution in [0.25, 0.3) is 0 Å². The van der Waals surface area contributed by atoms with Crippen molar-refractivity contribution in [2.24, 2.45) is 0 Å². The molecule has 6 heteroatoms. The van der Waals surface area contributed by atoms with Crippen LogP contribution in [-0.2, 0) is 0 Å². The molecule has 2 rings (SSSR count). The summed E-state index contributed by atoms with van der Waals surface area (Å²) in [4.78, 5) is 23.1. The van der Waals surface area contributed by atoms with Crippen molar-refractivity contribution in [2.45, 2.75) is 0 Å². The second kappa shape index (κ2) is 6.51. The standard InChI is InChI=1S/C13H10N2O3.ClH/c16-13(11-7-3-1-4-8-11)14(15(17)18)12-9-5-2-6-10-12;/h1-10H;1H. The first-order valence-electron chi connectivity index (χ1n) is 5.29. The summed E-state index contributed by atoms with van der Waals surface area (Å²) in [6.07, 6.45) is 0. The van der Waals surface area contributed by atoms with Crippen molar-refractivity contribution in [3.8, 4) is 0 Å². The van der Waals surface area contributed by atoms with Crippen LogP contribution in [0.15, 0.2) is 60.7 Å². The van der Waals surface area contributed by atoms with E-state index in [0.29, 0.717) is 5.01 Å². The molecule has 2 aromatic carbocycles. The minimum atomic E-state index is -0.718. The molecule has 0 saturated heterocycles. The normalized spacial score (nSPS) is 9.26. The molecule has 0 heterocycles. The number of nitro groups is 1. The highest BCUT2D eigenvalue weighted by molar-refractivity contribution is 6.04. The van der Waals surface area contributed by atoms with Gasteiger partial charge in [-0.15, -0.1) is 12.4 Å². The van der Waals surface area contributed by atoms with Crippen LogP contribution in [0.4, 0.5) is 5.69 Å². The number of carbonyl (C=O) groups excluding carboxylic acids is 1. The molecule has 0 spiro atoms. The van der Waals surface area contributed by atoms with Gasteiger partial charge >= 0.3 is 5.91 Å². The third-order valence-corrected chi connectivity index (χ3v) is 2.38. The van der Waals surface area contributed by atoms with Gasteiger partial charge < -0.3 is 0 Å². The van der Waals surface area contributed by atoms with Gasteiger partial charge in [0.2, 0.25) is 0 Å². The van der Waals surface area contributed by atoms with Crippen molar-refractivity contribution in [1.29, 1.82) is 0 Å². The van der Waals surface area contributed by atoms with Crippen molar-refractivity contribution in [3.05, 3.63) is 76.3 Å². The second-order valence-electron chi connectivity index (χ2n) is 3.56. The molecule has 0 unspecified atom stereocenters. The van der Waals surface area contributed by atoms with E-state index in [2.05, 4.69) is 0 Å². The summed E-state index contributed by atoms with van der Waals surface area (Å²) < 4.78 is 0. The Labute approximate surface area is 116 Å². The molecule has 0 aliphatic heterocycles. The topological polar surface area (TPSA) is 63.5 Å². The van der Waals surface area contributed by atoms with Gasteiger partial charge in [0.05, 0.1) is 0 Å². The number of halogens is 1. The van der Waals surface area contributed by atoms with Gasteiger partial charge in [-0.05, 0) is 29.3 Å². The number of hydrogen-bond donors (Lipinski definition) is 0. The quantitative estimate of drug-likeness (QED) is 0.640. The summed E-state index contributed by atoms with van der Waals surface area (Å²) >= 11 is 0. The highest BCUT2D eigenvalue weighted by Gasteiger charge is 2.27. The van der Waals surface area contributed by atoms with Crippen LogP contribution in [0.1, 0.15) is 10.4 Å². The van der Waals surface area contributed by atoms with Crippen LogP contribution in [-0.4, -0.2) is 10.9 Å². The number of nitrogens with zero attached hydrogens (tertiary/aromatic N) is 2. The molecule has 1 amide bonds. The van der Waals surface area contributed by atoms with Gasteiger partial charge in [0, 0.05) is 5.56 Å². The van der Waals surface area contributed by atoms with Gasteiger partial charge in [0.1, 0.15) is 5.69 Å². The number of hydrazine groups is 1. The Hall–Kier alpha value is -2.40. The van der Waals surface area contributed by atoms with Crippen LogP contribution < -0.4 is 5.01 Å². The summed E-state index contributed by atoms with van der Waals surface area (Å²) in [5.74, 6) is -0.660. The van der Waals surface area contributed by atoms with Crippen LogP contribution >= 0.6 is 12.4 Å². The average Bonchev–Trinajstić information content (AvgIpc) is 2.40. The van der Waals surface area contributed by atoms with E-state index in [1.165, 1.54) is 12.1 Å². The number of rotatable bonds is 3. The molecule has 0 bridgehead atoms. The van der Waals surface area contributed by atoms with Crippen LogP contribution in [0.3, 0.4) is 0 Å². The number of hydrogen-bond acceptors (Lipinski definition) is 3. The van der Waals surface area contributed by atoms with Gasteiger partial charge in [-0.1, -0.05) is 36.4 Å². The van der Waals surface area contributed by atoms with Crippen molar-refractivity contribution >= 4 is 24.0 Å². The lowest BCUT2D eigenvalue weighted by Gasteiger charge is -2.11. The first-order chi connectivity index (χ1) is 8.70. The summed E-state index contributed by atoms with van der Waals surface area (Å²) in [6.45, 7) is 0. The monoisotopic (exact) mass is 278 g/mol. The van der Waals surface area contributed by atoms with Gasteiger partial charge in [0.25, 0.3) is 0 Å². The Kier molecular flexibility index (Phi) is 5.02. The first kappa shape index (κ1) is 14.7. The molecule has 0 aliphatic carbocycles. The molecule has 0 fully saturated rings. The predicted octanol–water partition coefficient (Wildman–Crippen LogP) is 2.95. The van der Waals surface area contributed by atoms with E-state index in [0.717, 1.165) is 0 Å². The van der Waals surface area contributed by atoms with Crippen LogP contribution in [0, 0.1) is 10.1 Å². The van der Waals surface area contributed by atoms with E-state index in [-0.39, 0.29) is 23.7 Å². The van der Waals surface area contributed by atoms with Crippen molar-refractivity contribution < 1.29 is 9.83 Å². The van der Waals surface area contributed by atoms with E-state index < -0.39 is 10.9 Å². The summed E-state index contributed by atoms with van der Waals surface area (Å²) in [5.41, 5.74) is 0.509. The number of para-hydroxylation sites is 1. The summed E-state index contributed by atoms with van der Waals surface area (Å²) in [7, 11) is 0. The molecule has 98 valence electrons. The van der Waals surface area contributed by atoms with E-state index in [4.69, 9.17) is 0 Å². The van der Waals surface area contributed by atoms with Gasteiger partial charge in [-0.3, -0.25) is 4.79 Å². The molecule has 0 N–H and O–H groups in total. The Morgan fingerprint density at radius 1 is 0.947 bits per heavy atom. The Morgan fingerprint density at radius 3 is 1.89 bits per heavy atom.